The van der Waals surface area contributed by atoms with Gasteiger partial charge in [-0.15, -0.1) is 0 Å². The topological polar surface area (TPSA) is 49.7 Å². The van der Waals surface area contributed by atoms with Crippen LogP contribution in [-0.2, 0) is 15.8 Å². The molecule has 1 heterocycles. The van der Waals surface area contributed by atoms with Crippen molar-refractivity contribution >= 4 is 54.5 Å². The fourth-order valence-corrected chi connectivity index (χ4v) is 5.28. The van der Waals surface area contributed by atoms with Gasteiger partial charge in [-0.2, -0.15) is 0 Å². The summed E-state index contributed by atoms with van der Waals surface area (Å²) in [6.45, 7) is 0.861. The second-order valence-corrected chi connectivity index (χ2v) is 9.27. The van der Waals surface area contributed by atoms with E-state index < -0.39 is 10.0 Å². The van der Waals surface area contributed by atoms with Gasteiger partial charge in [0, 0.05) is 15.2 Å². The van der Waals surface area contributed by atoms with Gasteiger partial charge in [-0.1, -0.05) is 51.4 Å². The van der Waals surface area contributed by atoms with E-state index in [4.69, 9.17) is 11.6 Å². The molecule has 0 amide bonds. The first-order valence-electron chi connectivity index (χ1n) is 7.17. The van der Waals surface area contributed by atoms with Crippen LogP contribution >= 0.6 is 39.3 Å². The second-order valence-electron chi connectivity index (χ2n) is 5.11. The van der Waals surface area contributed by atoms with Crippen LogP contribution in [0.1, 0.15) is 5.56 Å². The summed E-state index contributed by atoms with van der Waals surface area (Å²) in [5, 5.41) is 1.22. The minimum Gasteiger partial charge on any atom is -0.260 e. The van der Waals surface area contributed by atoms with E-state index in [1.54, 1.807) is 24.3 Å². The molecule has 3 rings (SSSR count). The molecular weight excluding hydrogens is 432 g/mol. The number of hydrogen-bond acceptors (Lipinski definition) is 4. The van der Waals surface area contributed by atoms with Crippen molar-refractivity contribution in [1.29, 1.82) is 0 Å². The Balaban J connectivity index is 1.75. The molecule has 126 valence electrons. The second kappa shape index (κ2) is 7.47. The van der Waals surface area contributed by atoms with E-state index in [2.05, 4.69) is 20.9 Å². The van der Waals surface area contributed by atoms with E-state index in [1.165, 1.54) is 16.1 Å². The SMILES string of the molecule is O=S(=O)(c1ccc(Br)cc1)N1CCN=C1SCc1ccc(Cl)cc1. The fraction of sp³-hybridized carbons (Fsp3) is 0.188. The minimum atomic E-state index is -3.58. The zero-order valence-electron chi connectivity index (χ0n) is 12.5. The highest BCUT2D eigenvalue weighted by molar-refractivity contribution is 9.10. The van der Waals surface area contributed by atoms with Crippen LogP contribution in [0.4, 0.5) is 0 Å². The molecule has 0 N–H and O–H groups in total. The van der Waals surface area contributed by atoms with Crippen molar-refractivity contribution in [2.24, 2.45) is 4.99 Å². The van der Waals surface area contributed by atoms with Gasteiger partial charge in [0.2, 0.25) is 0 Å². The van der Waals surface area contributed by atoms with Gasteiger partial charge < -0.3 is 0 Å². The molecule has 24 heavy (non-hydrogen) atoms. The van der Waals surface area contributed by atoms with Crippen molar-refractivity contribution in [3.63, 3.8) is 0 Å². The highest BCUT2D eigenvalue weighted by Gasteiger charge is 2.30. The first-order valence-corrected chi connectivity index (χ1v) is 10.8. The fourth-order valence-electron chi connectivity index (χ4n) is 2.21. The number of nitrogens with zero attached hydrogens (tertiary/aromatic N) is 2. The van der Waals surface area contributed by atoms with Crippen LogP contribution in [0.25, 0.3) is 0 Å². The Morgan fingerprint density at radius 1 is 1.12 bits per heavy atom. The van der Waals surface area contributed by atoms with Crippen LogP contribution in [0, 0.1) is 0 Å². The summed E-state index contributed by atoms with van der Waals surface area (Å²) in [4.78, 5) is 4.62. The average molecular weight is 446 g/mol. The molecule has 0 saturated heterocycles. The van der Waals surface area contributed by atoms with Crippen molar-refractivity contribution in [2.75, 3.05) is 13.1 Å². The van der Waals surface area contributed by atoms with E-state index in [0.717, 1.165) is 10.0 Å². The Kier molecular flexibility index (Phi) is 5.54. The highest BCUT2D eigenvalue weighted by Crippen LogP contribution is 2.26. The summed E-state index contributed by atoms with van der Waals surface area (Å²) in [6, 6.07) is 14.1. The Labute approximate surface area is 159 Å². The van der Waals surface area contributed by atoms with Crippen LogP contribution in [0.3, 0.4) is 0 Å². The molecule has 0 spiro atoms. The van der Waals surface area contributed by atoms with E-state index in [-0.39, 0.29) is 4.90 Å². The maximum absolute atomic E-state index is 12.8. The number of rotatable bonds is 4. The number of thioether (sulfide) groups is 1. The van der Waals surface area contributed by atoms with Crippen molar-refractivity contribution in [1.82, 2.24) is 4.31 Å². The largest absolute Gasteiger partial charge is 0.265 e. The number of hydrogen-bond donors (Lipinski definition) is 0. The molecule has 8 heteroatoms. The number of benzene rings is 2. The van der Waals surface area contributed by atoms with Crippen LogP contribution in [0.15, 0.2) is 62.9 Å². The molecular formula is C16H14BrClN2O2S2. The van der Waals surface area contributed by atoms with Gasteiger partial charge in [0.1, 0.15) is 0 Å². The lowest BCUT2D eigenvalue weighted by Gasteiger charge is -2.20. The van der Waals surface area contributed by atoms with Gasteiger partial charge in [0.25, 0.3) is 10.0 Å². The molecule has 0 atom stereocenters. The lowest BCUT2D eigenvalue weighted by molar-refractivity contribution is 0.540. The van der Waals surface area contributed by atoms with E-state index in [0.29, 0.717) is 29.0 Å². The van der Waals surface area contributed by atoms with Crippen molar-refractivity contribution in [3.8, 4) is 0 Å². The maximum Gasteiger partial charge on any atom is 0.265 e. The third-order valence-corrected chi connectivity index (χ3v) is 7.23. The smallest absolute Gasteiger partial charge is 0.260 e. The summed E-state index contributed by atoms with van der Waals surface area (Å²) in [6.07, 6.45) is 0. The number of aliphatic imine (C=N–C) groups is 1. The predicted molar refractivity (Wildman–Crippen MR) is 103 cm³/mol. The molecule has 0 unspecified atom stereocenters. The molecule has 0 aliphatic carbocycles. The Hall–Kier alpha value is -1.02. The molecule has 0 bridgehead atoms. The zero-order chi connectivity index (χ0) is 17.2. The summed E-state index contributed by atoms with van der Waals surface area (Å²) >= 11 is 10.6. The molecule has 0 fully saturated rings. The van der Waals surface area contributed by atoms with Gasteiger partial charge in [0.15, 0.2) is 5.17 Å². The van der Waals surface area contributed by atoms with Crippen LogP contribution in [0.2, 0.25) is 5.02 Å². The Morgan fingerprint density at radius 2 is 1.79 bits per heavy atom. The summed E-state index contributed by atoms with van der Waals surface area (Å²) in [5.41, 5.74) is 1.07. The molecule has 0 aromatic heterocycles. The zero-order valence-corrected chi connectivity index (χ0v) is 16.5. The van der Waals surface area contributed by atoms with Gasteiger partial charge in [-0.3, -0.25) is 4.99 Å². The lowest BCUT2D eigenvalue weighted by atomic mass is 10.2. The first-order chi connectivity index (χ1) is 11.5. The summed E-state index contributed by atoms with van der Waals surface area (Å²) in [5.74, 6) is 0.641. The predicted octanol–water partition coefficient (Wildman–Crippen LogP) is 4.40. The van der Waals surface area contributed by atoms with Crippen molar-refractivity contribution in [3.05, 3.63) is 63.6 Å². The minimum absolute atomic E-state index is 0.271. The molecule has 0 saturated carbocycles. The summed E-state index contributed by atoms with van der Waals surface area (Å²) < 4.78 is 27.8. The molecule has 1 aliphatic heterocycles. The van der Waals surface area contributed by atoms with E-state index in [9.17, 15) is 8.42 Å². The average Bonchev–Trinajstić information content (AvgIpc) is 3.04. The Bertz CT molecular complexity index is 853. The lowest BCUT2D eigenvalue weighted by Crippen LogP contribution is -2.32. The van der Waals surface area contributed by atoms with E-state index in [1.807, 2.05) is 24.3 Å². The van der Waals surface area contributed by atoms with Gasteiger partial charge >= 0.3 is 0 Å². The van der Waals surface area contributed by atoms with Gasteiger partial charge in [0.05, 0.1) is 18.0 Å². The number of amidine groups is 1. The highest BCUT2D eigenvalue weighted by atomic mass is 79.9. The number of halogens is 2. The van der Waals surface area contributed by atoms with E-state index >= 15 is 0 Å². The van der Waals surface area contributed by atoms with Crippen LogP contribution < -0.4 is 0 Å². The van der Waals surface area contributed by atoms with Crippen molar-refractivity contribution in [2.45, 2.75) is 10.6 Å². The maximum atomic E-state index is 12.8. The number of sulfonamides is 1. The first kappa shape index (κ1) is 17.8. The van der Waals surface area contributed by atoms with Crippen LogP contribution in [0.5, 0.6) is 0 Å². The normalized spacial score (nSPS) is 14.8. The monoisotopic (exact) mass is 444 g/mol. The quantitative estimate of drug-likeness (QED) is 0.701. The third-order valence-electron chi connectivity index (χ3n) is 3.45. The third kappa shape index (κ3) is 3.96. The molecule has 0 radical (unpaired) electrons. The van der Waals surface area contributed by atoms with Gasteiger partial charge in [-0.05, 0) is 42.0 Å². The van der Waals surface area contributed by atoms with Gasteiger partial charge in [-0.25, -0.2) is 12.7 Å². The molecule has 2 aromatic carbocycles. The Morgan fingerprint density at radius 3 is 2.46 bits per heavy atom. The van der Waals surface area contributed by atoms with Crippen molar-refractivity contribution < 1.29 is 8.42 Å². The van der Waals surface area contributed by atoms with Crippen LogP contribution in [-0.4, -0.2) is 31.0 Å². The molecule has 2 aromatic rings. The standard InChI is InChI=1S/C16H14BrClN2O2S2/c17-13-3-7-15(8-4-13)24(21,22)20-10-9-19-16(20)23-11-12-1-5-14(18)6-2-12/h1-8H,9-11H2. The molecule has 1 aliphatic rings. The molecule has 4 nitrogen and oxygen atoms in total. The summed E-state index contributed by atoms with van der Waals surface area (Å²) in [7, 11) is -3.58.